The van der Waals surface area contributed by atoms with E-state index in [9.17, 15) is 24.3 Å². The molecule has 4 aromatic rings. The van der Waals surface area contributed by atoms with Gasteiger partial charge >= 0.3 is 18.2 Å². The SMILES string of the molecule is CC(=O)[C@@H]1CC(Oc2nccc3nc(C)oc23)CN1C(=O)OC(C)(C)C.CC(C)(C)OC(=O)N1C[C@H](O)C[C@H]1C(=O)O.Cc1nc2ccnc(Cl)c2o1. The van der Waals surface area contributed by atoms with Gasteiger partial charge in [0, 0.05) is 39.1 Å². The molecule has 6 rings (SSSR count). The molecular formula is C35H45ClN6O11. The van der Waals surface area contributed by atoms with Gasteiger partial charge < -0.3 is 33.3 Å². The summed E-state index contributed by atoms with van der Waals surface area (Å²) in [7, 11) is 0. The number of aliphatic hydroxyl groups excluding tert-OH is 1. The highest BCUT2D eigenvalue weighted by Gasteiger charge is 2.42. The minimum atomic E-state index is -1.12. The summed E-state index contributed by atoms with van der Waals surface area (Å²) in [4.78, 5) is 65.8. The number of hydrogen-bond acceptors (Lipinski definition) is 14. The van der Waals surface area contributed by atoms with Gasteiger partial charge in [-0.3, -0.25) is 14.6 Å². The van der Waals surface area contributed by atoms with Gasteiger partial charge in [0.05, 0.1) is 25.2 Å². The molecule has 2 N–H and O–H groups in total. The Hall–Kier alpha value is -5.03. The van der Waals surface area contributed by atoms with Crippen molar-refractivity contribution in [2.45, 2.75) is 111 Å². The molecule has 0 spiro atoms. The molecule has 53 heavy (non-hydrogen) atoms. The Kier molecular flexibility index (Phi) is 12.5. The third-order valence-electron chi connectivity index (χ3n) is 7.58. The summed E-state index contributed by atoms with van der Waals surface area (Å²) in [6.07, 6.45) is 1.21. The van der Waals surface area contributed by atoms with Gasteiger partial charge in [0.25, 0.3) is 5.88 Å². The second-order valence-corrected chi connectivity index (χ2v) is 14.8. The molecule has 0 aromatic carbocycles. The average Bonchev–Trinajstić information content (AvgIpc) is 3.81. The number of hydrogen-bond donors (Lipinski definition) is 2. The van der Waals surface area contributed by atoms with Crippen LogP contribution in [0.5, 0.6) is 5.88 Å². The van der Waals surface area contributed by atoms with E-state index in [2.05, 4.69) is 19.9 Å². The lowest BCUT2D eigenvalue weighted by molar-refractivity contribution is -0.142. The van der Waals surface area contributed by atoms with Gasteiger partial charge in [-0.25, -0.2) is 34.3 Å². The van der Waals surface area contributed by atoms with Crippen molar-refractivity contribution in [3.63, 3.8) is 0 Å². The van der Waals surface area contributed by atoms with Gasteiger partial charge in [-0.05, 0) is 60.6 Å². The number of nitrogens with zero attached hydrogens (tertiary/aromatic N) is 6. The average molecular weight is 761 g/mol. The van der Waals surface area contributed by atoms with E-state index in [1.165, 1.54) is 11.8 Å². The number of oxazole rings is 2. The minimum absolute atomic E-state index is 0.00583. The van der Waals surface area contributed by atoms with E-state index < -0.39 is 47.5 Å². The molecule has 2 aliphatic heterocycles. The first-order chi connectivity index (χ1) is 24.6. The summed E-state index contributed by atoms with van der Waals surface area (Å²) in [5, 5.41) is 18.6. The molecule has 18 heteroatoms. The normalized spacial score (nSPS) is 20.0. The molecule has 17 nitrogen and oxygen atoms in total. The number of carboxylic acids is 1. The Bertz CT molecular complexity index is 1950. The molecule has 0 saturated carbocycles. The summed E-state index contributed by atoms with van der Waals surface area (Å²) in [5.74, 6) is 0.198. The highest BCUT2D eigenvalue weighted by Crippen LogP contribution is 2.29. The summed E-state index contributed by atoms with van der Waals surface area (Å²) in [6.45, 7) is 15.7. The molecule has 6 heterocycles. The van der Waals surface area contributed by atoms with E-state index in [1.54, 1.807) is 79.9 Å². The maximum Gasteiger partial charge on any atom is 0.411 e. The maximum atomic E-state index is 12.4. The van der Waals surface area contributed by atoms with Gasteiger partial charge in [-0.1, -0.05) is 11.6 Å². The van der Waals surface area contributed by atoms with Crippen LogP contribution in [0.15, 0.2) is 33.4 Å². The number of carboxylic acid groups (broad SMARTS) is 1. The maximum absolute atomic E-state index is 12.4. The molecular weight excluding hydrogens is 716 g/mol. The van der Waals surface area contributed by atoms with Crippen LogP contribution in [0.1, 0.15) is 73.1 Å². The molecule has 0 bridgehead atoms. The van der Waals surface area contributed by atoms with E-state index in [4.69, 9.17) is 39.8 Å². The quantitative estimate of drug-likeness (QED) is 0.245. The van der Waals surface area contributed by atoms with Crippen molar-refractivity contribution in [2.75, 3.05) is 13.1 Å². The minimum Gasteiger partial charge on any atom is -0.480 e. The number of ether oxygens (including phenoxy) is 3. The Morgan fingerprint density at radius 2 is 1.32 bits per heavy atom. The number of fused-ring (bicyclic) bond motifs is 2. The molecule has 4 aromatic heterocycles. The summed E-state index contributed by atoms with van der Waals surface area (Å²) in [5.41, 5.74) is 1.11. The van der Waals surface area contributed by atoms with Crippen LogP contribution < -0.4 is 4.74 Å². The van der Waals surface area contributed by atoms with Crippen LogP contribution >= 0.6 is 11.6 Å². The number of carbonyl (C=O) groups is 4. The molecule has 2 fully saturated rings. The molecule has 2 saturated heterocycles. The van der Waals surface area contributed by atoms with E-state index in [1.807, 2.05) is 0 Å². The van der Waals surface area contributed by atoms with Crippen molar-refractivity contribution >= 4 is 57.7 Å². The van der Waals surface area contributed by atoms with Crippen LogP contribution in [-0.4, -0.2) is 112 Å². The van der Waals surface area contributed by atoms with Gasteiger partial charge in [0.1, 0.15) is 34.4 Å². The summed E-state index contributed by atoms with van der Waals surface area (Å²) >= 11 is 5.73. The number of carbonyl (C=O) groups excluding carboxylic acids is 3. The Balaban J connectivity index is 0.000000197. The standard InChI is InChI=1S/C18H23N3O5.C10H17NO5.C7H5ClN2O/c1-10(22)14-8-12(9-21(14)17(23)26-18(3,4)5)25-16-15-13(6-7-19-16)20-11(2)24-15;1-10(2,3)16-9(15)11-5-6(12)4-7(11)8(13)14;1-4-10-5-2-3-9-7(8)6(5)11-4/h6-7,12,14H,8-9H2,1-5H3;6-7,12H,4-5H2,1-3H3,(H,13,14);2-3H,1H3/t12?,14-;6-,7+;/m01./s1. The number of amides is 2. The molecule has 0 radical (unpaired) electrons. The number of ketones is 1. The fourth-order valence-electron chi connectivity index (χ4n) is 5.48. The lowest BCUT2D eigenvalue weighted by Crippen LogP contribution is -2.43. The van der Waals surface area contributed by atoms with Gasteiger partial charge in [-0.15, -0.1) is 0 Å². The van der Waals surface area contributed by atoms with Gasteiger partial charge in [0.2, 0.25) is 5.58 Å². The smallest absolute Gasteiger partial charge is 0.411 e. The highest BCUT2D eigenvalue weighted by molar-refractivity contribution is 6.33. The number of β-amino-alcohol motifs (C(OH)–C–C–N with tert-alkyl or cyclic N) is 1. The second kappa shape index (κ2) is 16.3. The number of pyridine rings is 2. The van der Waals surface area contributed by atoms with Gasteiger partial charge in [0.15, 0.2) is 28.3 Å². The number of aliphatic hydroxyl groups is 1. The Morgan fingerprint density at radius 1 is 0.811 bits per heavy atom. The van der Waals surface area contributed by atoms with Crippen molar-refractivity contribution in [1.82, 2.24) is 29.7 Å². The van der Waals surface area contributed by atoms with Crippen molar-refractivity contribution in [2.24, 2.45) is 0 Å². The van der Waals surface area contributed by atoms with Crippen LogP contribution in [0.2, 0.25) is 5.15 Å². The zero-order valence-electron chi connectivity index (χ0n) is 31.1. The largest absolute Gasteiger partial charge is 0.480 e. The lowest BCUT2D eigenvalue weighted by atomic mass is 10.1. The first kappa shape index (κ1) is 40.7. The zero-order valence-corrected chi connectivity index (χ0v) is 31.8. The topological polar surface area (TPSA) is 221 Å². The molecule has 1 unspecified atom stereocenters. The fourth-order valence-corrected chi connectivity index (χ4v) is 5.67. The predicted molar refractivity (Wildman–Crippen MR) is 190 cm³/mol. The summed E-state index contributed by atoms with van der Waals surface area (Å²) in [6, 6.07) is 1.92. The molecule has 4 atom stereocenters. The molecule has 2 aliphatic rings. The zero-order chi connectivity index (χ0) is 39.4. The first-order valence-corrected chi connectivity index (χ1v) is 17.2. The second-order valence-electron chi connectivity index (χ2n) is 14.5. The third-order valence-corrected chi connectivity index (χ3v) is 7.85. The summed E-state index contributed by atoms with van der Waals surface area (Å²) < 4.78 is 27.2. The van der Waals surface area contributed by atoms with Crippen LogP contribution in [-0.2, 0) is 19.1 Å². The van der Waals surface area contributed by atoms with Gasteiger partial charge in [-0.2, -0.15) is 0 Å². The predicted octanol–water partition coefficient (Wildman–Crippen LogP) is 5.50. The lowest BCUT2D eigenvalue weighted by Gasteiger charge is -2.27. The van der Waals surface area contributed by atoms with Crippen molar-refractivity contribution < 1.29 is 52.4 Å². The Labute approximate surface area is 310 Å². The number of aromatic nitrogens is 4. The number of aliphatic carboxylic acids is 1. The number of likely N-dealkylation sites (tertiary alicyclic amines) is 2. The third kappa shape index (κ3) is 11.0. The van der Waals surface area contributed by atoms with Crippen LogP contribution in [0.3, 0.4) is 0 Å². The van der Waals surface area contributed by atoms with Crippen molar-refractivity contribution in [1.29, 1.82) is 0 Å². The van der Waals surface area contributed by atoms with Crippen LogP contribution in [0.4, 0.5) is 9.59 Å². The van der Waals surface area contributed by atoms with Crippen molar-refractivity contribution in [3.8, 4) is 5.88 Å². The fraction of sp³-hybridized carbons (Fsp3) is 0.543. The first-order valence-electron chi connectivity index (χ1n) is 16.8. The van der Waals surface area contributed by atoms with Crippen molar-refractivity contribution in [3.05, 3.63) is 41.5 Å². The Morgan fingerprint density at radius 3 is 1.83 bits per heavy atom. The monoisotopic (exact) mass is 760 g/mol. The highest BCUT2D eigenvalue weighted by atomic mass is 35.5. The molecule has 2 amide bonds. The van der Waals surface area contributed by atoms with E-state index in [0.29, 0.717) is 45.9 Å². The number of rotatable bonds is 4. The molecule has 0 aliphatic carbocycles. The number of halogens is 1. The molecule has 288 valence electrons. The van der Waals surface area contributed by atoms with Crippen LogP contribution in [0.25, 0.3) is 22.2 Å². The van der Waals surface area contributed by atoms with E-state index in [0.717, 1.165) is 10.4 Å². The number of Topliss-reactive ketones (excluding diaryl/α,β-unsaturated/α-hetero) is 1. The number of aryl methyl sites for hydroxylation is 2. The van der Waals surface area contributed by atoms with E-state index >= 15 is 0 Å². The van der Waals surface area contributed by atoms with Crippen LogP contribution in [0, 0.1) is 13.8 Å². The van der Waals surface area contributed by atoms with E-state index in [-0.39, 0.29) is 31.4 Å².